The summed E-state index contributed by atoms with van der Waals surface area (Å²) >= 11 is 0. The van der Waals surface area contributed by atoms with Crippen molar-refractivity contribution in [2.75, 3.05) is 39.3 Å². The predicted octanol–water partition coefficient (Wildman–Crippen LogP) is 4.95. The molecule has 0 aromatic heterocycles. The second-order valence-electron chi connectivity index (χ2n) is 9.77. The van der Waals surface area contributed by atoms with Gasteiger partial charge < -0.3 is 19.8 Å². The number of hydrogen-bond donors (Lipinski definition) is 2. The molecule has 8 nitrogen and oxygen atoms in total. The molecule has 1 aliphatic rings. The van der Waals surface area contributed by atoms with Crippen LogP contribution in [0.25, 0.3) is 6.08 Å². The van der Waals surface area contributed by atoms with E-state index < -0.39 is 18.0 Å². The molecule has 1 fully saturated rings. The highest BCUT2D eigenvalue weighted by Crippen LogP contribution is 2.26. The number of hydrogen-bond acceptors (Lipinski definition) is 5. The molecule has 1 heterocycles. The molecule has 2 N–H and O–H groups in total. The van der Waals surface area contributed by atoms with Crippen LogP contribution in [0.2, 0.25) is 0 Å². The summed E-state index contributed by atoms with van der Waals surface area (Å²) in [7, 11) is 0. The maximum Gasteiger partial charge on any atom is 0.328 e. The van der Waals surface area contributed by atoms with E-state index >= 15 is 0 Å². The van der Waals surface area contributed by atoms with Gasteiger partial charge in [-0.05, 0) is 54.0 Å². The van der Waals surface area contributed by atoms with Gasteiger partial charge in [0.15, 0.2) is 0 Å². The van der Waals surface area contributed by atoms with Gasteiger partial charge in [-0.3, -0.25) is 9.69 Å². The number of nitrogens with zero attached hydrogens (tertiary/aromatic N) is 2. The lowest BCUT2D eigenvalue weighted by molar-refractivity contribution is -0.134. The average Bonchev–Trinajstić information content (AvgIpc) is 3.00. The average molecular weight is 593 g/mol. The third-order valence-electron chi connectivity index (χ3n) is 6.59. The number of benzene rings is 3. The summed E-state index contributed by atoms with van der Waals surface area (Å²) in [5.41, 5.74) is 3.83. The standard InChI is InChI=1S/C29H30F2N2O2.C4H4O4/c1-22-2-4-23(5-3-22)6-15-28(34)33-18-16-32(17-19-33)20-21-35-29(24-7-11-26(30)12-8-24)25-9-13-27(31)14-10-25;5-3(6)1-2-4(7)8/h2-15,29H,16-21H2,1H3;1-2H,(H,5,6)(H,7,8)/b15-6+;2-1-. The molecule has 1 aliphatic heterocycles. The molecule has 3 aromatic carbocycles. The number of rotatable bonds is 10. The highest BCUT2D eigenvalue weighted by molar-refractivity contribution is 5.92. The van der Waals surface area contributed by atoms with Gasteiger partial charge in [-0.15, -0.1) is 0 Å². The van der Waals surface area contributed by atoms with Gasteiger partial charge in [0, 0.05) is 51.0 Å². The van der Waals surface area contributed by atoms with Crippen molar-refractivity contribution in [3.63, 3.8) is 0 Å². The second-order valence-corrected chi connectivity index (χ2v) is 9.77. The molecule has 226 valence electrons. The van der Waals surface area contributed by atoms with Crippen molar-refractivity contribution in [1.82, 2.24) is 9.80 Å². The Morgan fingerprint density at radius 2 is 1.26 bits per heavy atom. The maximum absolute atomic E-state index is 13.4. The Morgan fingerprint density at radius 1 is 0.767 bits per heavy atom. The highest BCUT2D eigenvalue weighted by Gasteiger charge is 2.21. The van der Waals surface area contributed by atoms with Gasteiger partial charge in [0.05, 0.1) is 6.61 Å². The normalized spacial score (nSPS) is 13.7. The Kier molecular flexibility index (Phi) is 12.7. The molecule has 3 aromatic rings. The fourth-order valence-electron chi connectivity index (χ4n) is 4.24. The quantitative estimate of drug-likeness (QED) is 0.321. The summed E-state index contributed by atoms with van der Waals surface area (Å²) in [5.74, 6) is -3.12. The van der Waals surface area contributed by atoms with E-state index in [-0.39, 0.29) is 17.5 Å². The van der Waals surface area contributed by atoms with Gasteiger partial charge in [0.25, 0.3) is 0 Å². The molecule has 1 saturated heterocycles. The fraction of sp³-hybridized carbons (Fsp3) is 0.242. The number of amides is 1. The van der Waals surface area contributed by atoms with Crippen molar-refractivity contribution < 1.29 is 38.1 Å². The van der Waals surface area contributed by atoms with Crippen LogP contribution in [0.3, 0.4) is 0 Å². The molecule has 0 atom stereocenters. The minimum Gasteiger partial charge on any atom is -0.478 e. The molecule has 0 saturated carbocycles. The van der Waals surface area contributed by atoms with E-state index in [0.717, 1.165) is 29.8 Å². The van der Waals surface area contributed by atoms with Gasteiger partial charge in [-0.25, -0.2) is 18.4 Å². The van der Waals surface area contributed by atoms with E-state index in [0.29, 0.717) is 38.4 Å². The van der Waals surface area contributed by atoms with Gasteiger partial charge in [-0.1, -0.05) is 54.1 Å². The maximum atomic E-state index is 13.4. The first kappa shape index (κ1) is 32.8. The summed E-state index contributed by atoms with van der Waals surface area (Å²) in [6.07, 6.45) is 4.20. The number of piperazine rings is 1. The van der Waals surface area contributed by atoms with Crippen molar-refractivity contribution in [3.05, 3.63) is 125 Å². The van der Waals surface area contributed by atoms with E-state index in [1.165, 1.54) is 29.8 Å². The fourth-order valence-corrected chi connectivity index (χ4v) is 4.24. The van der Waals surface area contributed by atoms with Crippen molar-refractivity contribution in [1.29, 1.82) is 0 Å². The first-order valence-electron chi connectivity index (χ1n) is 13.6. The van der Waals surface area contributed by atoms with Crippen LogP contribution in [0.15, 0.2) is 91.0 Å². The lowest BCUT2D eigenvalue weighted by Crippen LogP contribution is -2.49. The van der Waals surface area contributed by atoms with Gasteiger partial charge >= 0.3 is 11.9 Å². The van der Waals surface area contributed by atoms with Crippen LogP contribution in [0.1, 0.15) is 28.4 Å². The zero-order valence-corrected chi connectivity index (χ0v) is 23.7. The van der Waals surface area contributed by atoms with Crippen molar-refractivity contribution >= 4 is 23.9 Å². The van der Waals surface area contributed by atoms with Crippen molar-refractivity contribution in [2.45, 2.75) is 13.0 Å². The zero-order chi connectivity index (χ0) is 31.2. The van der Waals surface area contributed by atoms with Crippen molar-refractivity contribution in [3.8, 4) is 0 Å². The van der Waals surface area contributed by atoms with Crippen LogP contribution in [0.5, 0.6) is 0 Å². The molecule has 10 heteroatoms. The van der Waals surface area contributed by atoms with Crippen LogP contribution in [0.4, 0.5) is 8.78 Å². The summed E-state index contributed by atoms with van der Waals surface area (Å²) < 4.78 is 33.0. The Bertz CT molecular complexity index is 1340. The Labute approximate surface area is 249 Å². The smallest absolute Gasteiger partial charge is 0.328 e. The second kappa shape index (κ2) is 16.7. The molecule has 0 spiro atoms. The number of aryl methyl sites for hydroxylation is 1. The Morgan fingerprint density at radius 3 is 1.72 bits per heavy atom. The predicted molar refractivity (Wildman–Crippen MR) is 158 cm³/mol. The first-order valence-corrected chi connectivity index (χ1v) is 13.6. The Hall–Kier alpha value is -4.67. The molecule has 43 heavy (non-hydrogen) atoms. The summed E-state index contributed by atoms with van der Waals surface area (Å²) in [6.45, 7) is 6.07. The molecule has 0 unspecified atom stereocenters. The van der Waals surface area contributed by atoms with E-state index in [4.69, 9.17) is 14.9 Å². The third kappa shape index (κ3) is 11.6. The summed E-state index contributed by atoms with van der Waals surface area (Å²) in [6, 6.07) is 20.4. The largest absolute Gasteiger partial charge is 0.478 e. The molecule has 0 aliphatic carbocycles. The van der Waals surface area contributed by atoms with Crippen LogP contribution in [0, 0.1) is 18.6 Å². The highest BCUT2D eigenvalue weighted by atomic mass is 19.1. The lowest BCUT2D eigenvalue weighted by Gasteiger charge is -2.34. The number of aliphatic carboxylic acids is 2. The summed E-state index contributed by atoms with van der Waals surface area (Å²) in [5, 5.41) is 15.6. The SMILES string of the molecule is Cc1ccc(/C=C/C(=O)N2CCN(CCOC(c3ccc(F)cc3)c3ccc(F)cc3)CC2)cc1.O=C(O)/C=C\C(=O)O. The van der Waals surface area contributed by atoms with Crippen molar-refractivity contribution in [2.24, 2.45) is 0 Å². The minimum absolute atomic E-state index is 0.0224. The third-order valence-corrected chi connectivity index (χ3v) is 6.59. The van der Waals surface area contributed by atoms with E-state index in [1.807, 2.05) is 42.2 Å². The van der Waals surface area contributed by atoms with Gasteiger partial charge in [-0.2, -0.15) is 0 Å². The molecule has 0 radical (unpaired) electrons. The molecule has 4 rings (SSSR count). The molecular formula is C33H34F2N2O6. The van der Waals surface area contributed by atoms with Crippen LogP contribution in [-0.4, -0.2) is 77.2 Å². The molecule has 0 bridgehead atoms. The number of carboxylic acids is 2. The molecular weight excluding hydrogens is 558 g/mol. The van der Waals surface area contributed by atoms with E-state index in [2.05, 4.69) is 4.90 Å². The monoisotopic (exact) mass is 592 g/mol. The lowest BCUT2D eigenvalue weighted by atomic mass is 10.0. The van der Waals surface area contributed by atoms with Crippen LogP contribution >= 0.6 is 0 Å². The first-order chi connectivity index (χ1) is 20.6. The minimum atomic E-state index is -1.26. The number of carbonyl (C=O) groups excluding carboxylic acids is 1. The number of carboxylic acid groups (broad SMARTS) is 2. The zero-order valence-electron chi connectivity index (χ0n) is 23.7. The van der Waals surface area contributed by atoms with Gasteiger partial charge in [0.1, 0.15) is 17.7 Å². The van der Waals surface area contributed by atoms with Gasteiger partial charge in [0.2, 0.25) is 5.91 Å². The number of ether oxygens (including phenoxy) is 1. The topological polar surface area (TPSA) is 107 Å². The molecule has 1 amide bonds. The van der Waals surface area contributed by atoms with Crippen LogP contribution in [-0.2, 0) is 19.1 Å². The summed E-state index contributed by atoms with van der Waals surface area (Å²) in [4.78, 5) is 35.8. The van der Waals surface area contributed by atoms with E-state index in [9.17, 15) is 23.2 Å². The van der Waals surface area contributed by atoms with E-state index in [1.54, 1.807) is 30.3 Å². The van der Waals surface area contributed by atoms with Crippen LogP contribution < -0.4 is 0 Å². The Balaban J connectivity index is 0.000000557. The number of halogens is 2. The number of carbonyl (C=O) groups is 3.